The van der Waals surface area contributed by atoms with Crippen LogP contribution in [0.1, 0.15) is 36.7 Å². The SMILES string of the molecule is Cc1oc2cc(OCc3ccccc3)c(C(C)C)cc2c(=O)c1-c1ccc(Br)cc1. The lowest BCUT2D eigenvalue weighted by Gasteiger charge is -2.16. The van der Waals surface area contributed by atoms with Crippen LogP contribution in [0.15, 0.2) is 80.4 Å². The molecule has 0 saturated heterocycles. The van der Waals surface area contributed by atoms with Gasteiger partial charge in [0.2, 0.25) is 5.43 Å². The summed E-state index contributed by atoms with van der Waals surface area (Å²) >= 11 is 3.44. The second kappa shape index (κ2) is 8.49. The number of aryl methyl sites for hydroxylation is 1. The van der Waals surface area contributed by atoms with Crippen LogP contribution in [0.4, 0.5) is 0 Å². The van der Waals surface area contributed by atoms with E-state index in [-0.39, 0.29) is 11.3 Å². The lowest BCUT2D eigenvalue weighted by Crippen LogP contribution is -2.09. The first kappa shape index (κ1) is 20.4. The zero-order valence-corrected chi connectivity index (χ0v) is 18.8. The molecule has 0 atom stereocenters. The molecule has 3 aromatic carbocycles. The Kier molecular flexibility index (Phi) is 5.78. The third-order valence-electron chi connectivity index (χ3n) is 5.19. The third kappa shape index (κ3) is 4.05. The van der Waals surface area contributed by atoms with Crippen molar-refractivity contribution in [1.82, 2.24) is 0 Å². The van der Waals surface area contributed by atoms with Gasteiger partial charge in [0.1, 0.15) is 23.7 Å². The molecule has 0 radical (unpaired) electrons. The molecule has 30 heavy (non-hydrogen) atoms. The summed E-state index contributed by atoms with van der Waals surface area (Å²) in [4.78, 5) is 13.4. The van der Waals surface area contributed by atoms with Gasteiger partial charge in [-0.15, -0.1) is 0 Å². The van der Waals surface area contributed by atoms with E-state index in [1.54, 1.807) is 0 Å². The van der Waals surface area contributed by atoms with Crippen molar-refractivity contribution < 1.29 is 9.15 Å². The number of hydrogen-bond donors (Lipinski definition) is 0. The molecule has 0 spiro atoms. The van der Waals surface area contributed by atoms with Crippen molar-refractivity contribution >= 4 is 26.9 Å². The fourth-order valence-corrected chi connectivity index (χ4v) is 3.88. The minimum atomic E-state index is -0.0208. The average Bonchev–Trinajstić information content (AvgIpc) is 2.73. The summed E-state index contributed by atoms with van der Waals surface area (Å²) in [5, 5.41) is 0.578. The molecule has 0 aliphatic carbocycles. The minimum absolute atomic E-state index is 0.0208. The van der Waals surface area contributed by atoms with Gasteiger partial charge in [0.05, 0.1) is 10.9 Å². The predicted octanol–water partition coefficient (Wildman–Crippen LogP) is 7.23. The van der Waals surface area contributed by atoms with Gasteiger partial charge in [-0.2, -0.15) is 0 Å². The van der Waals surface area contributed by atoms with E-state index < -0.39 is 0 Å². The maximum atomic E-state index is 13.4. The Hall–Kier alpha value is -2.85. The van der Waals surface area contributed by atoms with E-state index >= 15 is 0 Å². The van der Waals surface area contributed by atoms with Crippen LogP contribution in [-0.2, 0) is 6.61 Å². The van der Waals surface area contributed by atoms with Crippen LogP contribution in [0.2, 0.25) is 0 Å². The van der Waals surface area contributed by atoms with Gasteiger partial charge >= 0.3 is 0 Å². The van der Waals surface area contributed by atoms with Crippen molar-refractivity contribution in [3.8, 4) is 16.9 Å². The second-order valence-corrected chi connectivity index (χ2v) is 8.60. The van der Waals surface area contributed by atoms with Crippen LogP contribution in [0, 0.1) is 6.92 Å². The summed E-state index contributed by atoms with van der Waals surface area (Å²) in [7, 11) is 0. The quantitative estimate of drug-likeness (QED) is 0.313. The zero-order chi connectivity index (χ0) is 21.3. The average molecular weight is 463 g/mol. The molecule has 0 aliphatic heterocycles. The highest BCUT2D eigenvalue weighted by Crippen LogP contribution is 2.33. The Morgan fingerprint density at radius 1 is 1.00 bits per heavy atom. The number of halogens is 1. The second-order valence-electron chi connectivity index (χ2n) is 7.68. The van der Waals surface area contributed by atoms with E-state index in [9.17, 15) is 4.79 Å². The Balaban J connectivity index is 1.82. The third-order valence-corrected chi connectivity index (χ3v) is 5.72. The number of hydrogen-bond acceptors (Lipinski definition) is 3. The van der Waals surface area contributed by atoms with E-state index in [0.29, 0.717) is 28.9 Å². The standard InChI is InChI=1S/C26H23BrO3/c1-16(2)21-13-22-24(14-23(21)29-15-18-7-5-4-6-8-18)30-17(3)25(26(22)28)19-9-11-20(27)12-10-19/h4-14,16H,15H2,1-3H3. The van der Waals surface area contributed by atoms with Gasteiger partial charge < -0.3 is 9.15 Å². The maximum Gasteiger partial charge on any atom is 0.200 e. The van der Waals surface area contributed by atoms with Crippen molar-refractivity contribution in [2.75, 3.05) is 0 Å². The molecule has 3 nitrogen and oxygen atoms in total. The topological polar surface area (TPSA) is 39.4 Å². The molecule has 1 aromatic heterocycles. The summed E-state index contributed by atoms with van der Waals surface area (Å²) in [6.45, 7) is 6.50. The van der Waals surface area contributed by atoms with Gasteiger partial charge in [-0.3, -0.25) is 4.79 Å². The van der Waals surface area contributed by atoms with E-state index in [1.807, 2.05) is 73.7 Å². The predicted molar refractivity (Wildman–Crippen MR) is 125 cm³/mol. The lowest BCUT2D eigenvalue weighted by molar-refractivity contribution is 0.302. The highest BCUT2D eigenvalue weighted by Gasteiger charge is 2.18. The van der Waals surface area contributed by atoms with Crippen molar-refractivity contribution in [1.29, 1.82) is 0 Å². The van der Waals surface area contributed by atoms with Crippen molar-refractivity contribution in [2.45, 2.75) is 33.3 Å². The Bertz CT molecular complexity index is 1240. The lowest BCUT2D eigenvalue weighted by atomic mass is 9.97. The molecule has 4 heteroatoms. The van der Waals surface area contributed by atoms with Crippen molar-refractivity contribution in [3.05, 3.63) is 98.3 Å². The van der Waals surface area contributed by atoms with Crippen LogP contribution in [0.3, 0.4) is 0 Å². The molecule has 4 aromatic rings. The normalized spacial score (nSPS) is 11.2. The van der Waals surface area contributed by atoms with E-state index in [2.05, 4.69) is 29.8 Å². The molecule has 0 N–H and O–H groups in total. The molecular formula is C26H23BrO3. The zero-order valence-electron chi connectivity index (χ0n) is 17.2. The molecule has 0 aliphatic rings. The van der Waals surface area contributed by atoms with Crippen LogP contribution < -0.4 is 10.2 Å². The summed E-state index contributed by atoms with van der Waals surface area (Å²) in [5.74, 6) is 1.55. The van der Waals surface area contributed by atoms with E-state index in [0.717, 1.165) is 26.9 Å². The largest absolute Gasteiger partial charge is 0.488 e. The first-order valence-electron chi connectivity index (χ1n) is 9.98. The Morgan fingerprint density at radius 2 is 1.70 bits per heavy atom. The fourth-order valence-electron chi connectivity index (χ4n) is 3.61. The van der Waals surface area contributed by atoms with Gasteiger partial charge in [-0.25, -0.2) is 0 Å². The fraction of sp³-hybridized carbons (Fsp3) is 0.192. The van der Waals surface area contributed by atoms with Gasteiger partial charge in [0.25, 0.3) is 0 Å². The maximum absolute atomic E-state index is 13.4. The molecule has 4 rings (SSSR count). The number of rotatable bonds is 5. The molecule has 152 valence electrons. The molecule has 0 saturated carbocycles. The van der Waals surface area contributed by atoms with Gasteiger partial charge in [0.15, 0.2) is 0 Å². The summed E-state index contributed by atoms with van der Waals surface area (Å²) in [6, 6.07) is 21.5. The number of ether oxygens (including phenoxy) is 1. The van der Waals surface area contributed by atoms with E-state index in [1.165, 1.54) is 0 Å². The number of fused-ring (bicyclic) bond motifs is 1. The van der Waals surface area contributed by atoms with Gasteiger partial charge in [0, 0.05) is 10.5 Å². The first-order chi connectivity index (χ1) is 14.4. The van der Waals surface area contributed by atoms with Crippen LogP contribution in [-0.4, -0.2) is 0 Å². The summed E-state index contributed by atoms with van der Waals surface area (Å²) < 4.78 is 13.2. The first-order valence-corrected chi connectivity index (χ1v) is 10.8. The highest BCUT2D eigenvalue weighted by molar-refractivity contribution is 9.10. The Morgan fingerprint density at radius 3 is 2.37 bits per heavy atom. The molecule has 0 unspecified atom stereocenters. The van der Waals surface area contributed by atoms with Crippen molar-refractivity contribution in [2.24, 2.45) is 0 Å². The number of benzene rings is 3. The minimum Gasteiger partial charge on any atom is -0.488 e. The smallest absolute Gasteiger partial charge is 0.200 e. The van der Waals surface area contributed by atoms with Crippen LogP contribution >= 0.6 is 15.9 Å². The van der Waals surface area contributed by atoms with Crippen LogP contribution in [0.5, 0.6) is 5.75 Å². The van der Waals surface area contributed by atoms with Crippen molar-refractivity contribution in [3.63, 3.8) is 0 Å². The van der Waals surface area contributed by atoms with Gasteiger partial charge in [-0.05, 0) is 47.7 Å². The highest BCUT2D eigenvalue weighted by atomic mass is 79.9. The van der Waals surface area contributed by atoms with Crippen LogP contribution in [0.25, 0.3) is 22.1 Å². The molecule has 0 fully saturated rings. The molecular weight excluding hydrogens is 440 g/mol. The molecule has 0 bridgehead atoms. The van der Waals surface area contributed by atoms with E-state index in [4.69, 9.17) is 9.15 Å². The monoisotopic (exact) mass is 462 g/mol. The molecule has 1 heterocycles. The summed E-state index contributed by atoms with van der Waals surface area (Å²) in [5.41, 5.74) is 4.06. The molecule has 0 amide bonds. The summed E-state index contributed by atoms with van der Waals surface area (Å²) in [6.07, 6.45) is 0. The van der Waals surface area contributed by atoms with Gasteiger partial charge in [-0.1, -0.05) is 72.2 Å². The Labute approximate surface area is 184 Å².